The number of nitrogens with zero attached hydrogens (tertiary/aromatic N) is 3. The third-order valence-electron chi connectivity index (χ3n) is 3.62. The first-order valence-electron chi connectivity index (χ1n) is 7.17. The Morgan fingerprint density at radius 1 is 1.47 bits per heavy atom. The predicted molar refractivity (Wildman–Crippen MR) is 78.1 cm³/mol. The van der Waals surface area contributed by atoms with E-state index in [2.05, 4.69) is 32.5 Å². The molecule has 1 aliphatic heterocycles. The van der Waals surface area contributed by atoms with E-state index in [1.54, 1.807) is 0 Å². The number of rotatable bonds is 6. The summed E-state index contributed by atoms with van der Waals surface area (Å²) < 4.78 is 0. The van der Waals surface area contributed by atoms with E-state index in [4.69, 9.17) is 0 Å². The number of hydrogen-bond donors (Lipinski definition) is 2. The van der Waals surface area contributed by atoms with Crippen molar-refractivity contribution in [3.63, 3.8) is 0 Å². The molecule has 1 aromatic heterocycles. The lowest BCUT2D eigenvalue weighted by atomic mass is 9.95. The summed E-state index contributed by atoms with van der Waals surface area (Å²) in [6.45, 7) is 4.19. The largest absolute Gasteiger partial charge is 0.370 e. The summed E-state index contributed by atoms with van der Waals surface area (Å²) in [5, 5.41) is 6.47. The molecule has 5 nitrogen and oxygen atoms in total. The van der Waals surface area contributed by atoms with Crippen molar-refractivity contribution in [2.75, 3.05) is 39.0 Å². The molecule has 1 aliphatic rings. The number of piperidine rings is 1. The zero-order valence-electron chi connectivity index (χ0n) is 12.0. The molecule has 0 saturated carbocycles. The zero-order valence-corrected chi connectivity index (χ0v) is 12.0. The second-order valence-corrected chi connectivity index (χ2v) is 5.37. The molecule has 0 bridgehead atoms. The maximum absolute atomic E-state index is 4.46. The summed E-state index contributed by atoms with van der Waals surface area (Å²) >= 11 is 0. The van der Waals surface area contributed by atoms with Gasteiger partial charge >= 0.3 is 0 Å². The molecular formula is C14H25N5. The minimum atomic E-state index is 0.711. The third kappa shape index (κ3) is 4.76. The van der Waals surface area contributed by atoms with Crippen LogP contribution in [0.2, 0.25) is 0 Å². The molecule has 1 unspecified atom stereocenters. The molecule has 0 aliphatic carbocycles. The standard InChI is InChI=1S/C14H25N5/c1-15-10-14-17-8-6-13(18-14)16-7-5-12-4-3-9-19(2)11-12/h6,8,12,15H,3-5,7,9-11H2,1-2H3,(H,16,17,18). The van der Waals surface area contributed by atoms with Crippen LogP contribution in [-0.2, 0) is 6.54 Å². The fourth-order valence-electron chi connectivity index (χ4n) is 2.65. The highest BCUT2D eigenvalue weighted by atomic mass is 15.1. The molecule has 1 saturated heterocycles. The smallest absolute Gasteiger partial charge is 0.144 e. The van der Waals surface area contributed by atoms with Gasteiger partial charge in [0.1, 0.15) is 11.6 Å². The van der Waals surface area contributed by atoms with Gasteiger partial charge in [-0.25, -0.2) is 9.97 Å². The maximum Gasteiger partial charge on any atom is 0.144 e. The quantitative estimate of drug-likeness (QED) is 0.811. The molecule has 0 spiro atoms. The Bertz CT molecular complexity index is 382. The summed E-state index contributed by atoms with van der Waals surface area (Å²) in [5.74, 6) is 2.60. The summed E-state index contributed by atoms with van der Waals surface area (Å²) in [7, 11) is 4.12. The molecule has 106 valence electrons. The molecular weight excluding hydrogens is 238 g/mol. The monoisotopic (exact) mass is 263 g/mol. The van der Waals surface area contributed by atoms with E-state index in [9.17, 15) is 0 Å². The number of nitrogens with one attached hydrogen (secondary N) is 2. The van der Waals surface area contributed by atoms with Gasteiger partial charge in [0.25, 0.3) is 0 Å². The van der Waals surface area contributed by atoms with Crippen LogP contribution in [0.15, 0.2) is 12.3 Å². The topological polar surface area (TPSA) is 53.1 Å². The van der Waals surface area contributed by atoms with Gasteiger partial charge in [-0.3, -0.25) is 0 Å². The van der Waals surface area contributed by atoms with Crippen molar-refractivity contribution < 1.29 is 0 Å². The van der Waals surface area contributed by atoms with Crippen molar-refractivity contribution in [2.45, 2.75) is 25.8 Å². The normalized spacial score (nSPS) is 20.4. The summed E-state index contributed by atoms with van der Waals surface area (Å²) in [6.07, 6.45) is 5.73. The Morgan fingerprint density at radius 3 is 3.16 bits per heavy atom. The van der Waals surface area contributed by atoms with Crippen LogP contribution in [-0.4, -0.2) is 48.6 Å². The lowest BCUT2D eigenvalue weighted by Crippen LogP contribution is -2.32. The Balaban J connectivity index is 1.74. The van der Waals surface area contributed by atoms with Gasteiger partial charge in [-0.1, -0.05) is 0 Å². The van der Waals surface area contributed by atoms with E-state index in [1.165, 1.54) is 32.4 Å². The highest BCUT2D eigenvalue weighted by Crippen LogP contribution is 2.18. The lowest BCUT2D eigenvalue weighted by molar-refractivity contribution is 0.205. The average molecular weight is 263 g/mol. The van der Waals surface area contributed by atoms with Crippen LogP contribution < -0.4 is 10.6 Å². The molecule has 0 amide bonds. The first kappa shape index (κ1) is 14.2. The van der Waals surface area contributed by atoms with Crippen molar-refractivity contribution in [3.8, 4) is 0 Å². The Hall–Kier alpha value is -1.20. The van der Waals surface area contributed by atoms with Gasteiger partial charge in [0, 0.05) is 19.3 Å². The molecule has 2 N–H and O–H groups in total. The van der Waals surface area contributed by atoms with Crippen molar-refractivity contribution in [3.05, 3.63) is 18.1 Å². The summed E-state index contributed by atoms with van der Waals surface area (Å²) in [4.78, 5) is 11.1. The lowest BCUT2D eigenvalue weighted by Gasteiger charge is -2.29. The molecule has 2 rings (SSSR count). The van der Waals surface area contributed by atoms with E-state index in [0.29, 0.717) is 6.54 Å². The molecule has 5 heteroatoms. The molecule has 1 aromatic rings. The Morgan fingerprint density at radius 2 is 2.37 bits per heavy atom. The van der Waals surface area contributed by atoms with Crippen LogP contribution in [0.1, 0.15) is 25.1 Å². The number of hydrogen-bond acceptors (Lipinski definition) is 5. The minimum Gasteiger partial charge on any atom is -0.370 e. The van der Waals surface area contributed by atoms with Crippen LogP contribution >= 0.6 is 0 Å². The van der Waals surface area contributed by atoms with E-state index in [-0.39, 0.29) is 0 Å². The van der Waals surface area contributed by atoms with Gasteiger partial charge in [-0.05, 0) is 51.9 Å². The van der Waals surface area contributed by atoms with Crippen LogP contribution in [0.25, 0.3) is 0 Å². The first-order chi connectivity index (χ1) is 9.28. The Labute approximate surface area is 115 Å². The fourth-order valence-corrected chi connectivity index (χ4v) is 2.65. The second-order valence-electron chi connectivity index (χ2n) is 5.37. The predicted octanol–water partition coefficient (Wildman–Crippen LogP) is 1.34. The van der Waals surface area contributed by atoms with Crippen molar-refractivity contribution in [2.24, 2.45) is 5.92 Å². The average Bonchev–Trinajstić information content (AvgIpc) is 2.40. The number of anilines is 1. The SMILES string of the molecule is CNCc1nccc(NCCC2CCCN(C)C2)n1. The van der Waals surface area contributed by atoms with Crippen molar-refractivity contribution >= 4 is 5.82 Å². The summed E-state index contributed by atoms with van der Waals surface area (Å²) in [5.41, 5.74) is 0. The zero-order chi connectivity index (χ0) is 13.5. The van der Waals surface area contributed by atoms with Crippen LogP contribution in [0.5, 0.6) is 0 Å². The molecule has 0 aromatic carbocycles. The van der Waals surface area contributed by atoms with Gasteiger partial charge in [0.2, 0.25) is 0 Å². The van der Waals surface area contributed by atoms with E-state index in [1.807, 2.05) is 19.3 Å². The number of aromatic nitrogens is 2. The molecule has 2 heterocycles. The van der Waals surface area contributed by atoms with E-state index in [0.717, 1.165) is 24.1 Å². The van der Waals surface area contributed by atoms with Crippen LogP contribution in [0.4, 0.5) is 5.82 Å². The molecule has 19 heavy (non-hydrogen) atoms. The van der Waals surface area contributed by atoms with Gasteiger partial charge < -0.3 is 15.5 Å². The van der Waals surface area contributed by atoms with Gasteiger partial charge in [0.15, 0.2) is 0 Å². The van der Waals surface area contributed by atoms with E-state index >= 15 is 0 Å². The highest BCUT2D eigenvalue weighted by Gasteiger charge is 2.16. The third-order valence-corrected chi connectivity index (χ3v) is 3.62. The molecule has 1 fully saturated rings. The second kappa shape index (κ2) is 7.40. The van der Waals surface area contributed by atoms with Gasteiger partial charge in [-0.15, -0.1) is 0 Å². The highest BCUT2D eigenvalue weighted by molar-refractivity contribution is 5.32. The maximum atomic E-state index is 4.46. The van der Waals surface area contributed by atoms with Gasteiger partial charge in [-0.2, -0.15) is 0 Å². The number of likely N-dealkylation sites (tertiary alicyclic amines) is 1. The van der Waals surface area contributed by atoms with Crippen molar-refractivity contribution in [1.82, 2.24) is 20.2 Å². The van der Waals surface area contributed by atoms with Crippen LogP contribution in [0.3, 0.4) is 0 Å². The first-order valence-corrected chi connectivity index (χ1v) is 7.17. The summed E-state index contributed by atoms with van der Waals surface area (Å²) in [6, 6.07) is 1.94. The fraction of sp³-hybridized carbons (Fsp3) is 0.714. The van der Waals surface area contributed by atoms with E-state index < -0.39 is 0 Å². The Kier molecular flexibility index (Phi) is 5.54. The van der Waals surface area contributed by atoms with Crippen molar-refractivity contribution in [1.29, 1.82) is 0 Å². The molecule has 0 radical (unpaired) electrons. The minimum absolute atomic E-state index is 0.711. The van der Waals surface area contributed by atoms with Gasteiger partial charge in [0.05, 0.1) is 6.54 Å². The van der Waals surface area contributed by atoms with Crippen LogP contribution in [0, 0.1) is 5.92 Å². The molecule has 1 atom stereocenters.